The molecule has 0 aromatic rings. The highest BCUT2D eigenvalue weighted by Crippen LogP contribution is 2.24. The van der Waals surface area contributed by atoms with Crippen LogP contribution in [0.3, 0.4) is 0 Å². The summed E-state index contributed by atoms with van der Waals surface area (Å²) in [7, 11) is -4.60. The monoisotopic (exact) mass is 991 g/mol. The SMILES string of the molecule is CCCCCCCCCCCCCCCCCCCCCCCCCC(=O)O[C@H](COC(=O)CCCCCCCCCCCCCCCCCCC)CO[C@H]1O[C@H](CS(=O)(=O)O)[C@@H](O)C(O)C1O. The van der Waals surface area contributed by atoms with Crippen molar-refractivity contribution in [3.8, 4) is 0 Å². The van der Waals surface area contributed by atoms with Crippen LogP contribution >= 0.6 is 0 Å². The third-order valence-electron chi connectivity index (χ3n) is 13.7. The molecule has 0 saturated carbocycles. The largest absolute Gasteiger partial charge is 0.462 e. The van der Waals surface area contributed by atoms with Crippen molar-refractivity contribution in [1.82, 2.24) is 0 Å². The molecule has 0 aromatic heterocycles. The zero-order valence-electron chi connectivity index (χ0n) is 43.7. The van der Waals surface area contributed by atoms with E-state index in [-0.39, 0.29) is 19.4 Å². The fraction of sp³-hybridized carbons (Fsp3) is 0.964. The van der Waals surface area contributed by atoms with Crippen molar-refractivity contribution in [3.63, 3.8) is 0 Å². The van der Waals surface area contributed by atoms with Gasteiger partial charge >= 0.3 is 11.9 Å². The van der Waals surface area contributed by atoms with Crippen molar-refractivity contribution in [1.29, 1.82) is 0 Å². The van der Waals surface area contributed by atoms with Crippen LogP contribution in [0.2, 0.25) is 0 Å². The van der Waals surface area contributed by atoms with E-state index in [1.165, 1.54) is 205 Å². The zero-order valence-corrected chi connectivity index (χ0v) is 44.6. The van der Waals surface area contributed by atoms with Gasteiger partial charge in [-0.1, -0.05) is 258 Å². The number of carbonyl (C=O) groups is 2. The predicted molar refractivity (Wildman–Crippen MR) is 275 cm³/mol. The number of esters is 2. The molecule has 1 saturated heterocycles. The Morgan fingerprint density at radius 3 is 1.07 bits per heavy atom. The molecule has 1 aliphatic rings. The number of carbonyl (C=O) groups excluding carboxylic acids is 2. The Balaban J connectivity index is 2.29. The van der Waals surface area contributed by atoms with Gasteiger partial charge in [-0.2, -0.15) is 8.42 Å². The lowest BCUT2D eigenvalue weighted by molar-refractivity contribution is -0.297. The number of aliphatic hydroxyl groups excluding tert-OH is 3. The van der Waals surface area contributed by atoms with Gasteiger partial charge in [-0.3, -0.25) is 14.1 Å². The van der Waals surface area contributed by atoms with Gasteiger partial charge in [0.2, 0.25) is 0 Å². The molecule has 4 N–H and O–H groups in total. The van der Waals surface area contributed by atoms with E-state index >= 15 is 0 Å². The van der Waals surface area contributed by atoms with Crippen LogP contribution in [0.1, 0.15) is 284 Å². The molecule has 1 heterocycles. The van der Waals surface area contributed by atoms with Crippen LogP contribution in [0, 0.1) is 0 Å². The summed E-state index contributed by atoms with van der Waals surface area (Å²) in [5.74, 6) is -1.95. The molecule has 0 amide bonds. The van der Waals surface area contributed by atoms with Gasteiger partial charge in [-0.25, -0.2) is 0 Å². The Kier molecular flexibility index (Phi) is 43.3. The quantitative estimate of drug-likeness (QED) is 0.0257. The van der Waals surface area contributed by atoms with Gasteiger partial charge in [0.15, 0.2) is 12.4 Å². The fourth-order valence-corrected chi connectivity index (χ4v) is 9.96. The number of hydrogen-bond donors (Lipinski definition) is 4. The summed E-state index contributed by atoms with van der Waals surface area (Å²) < 4.78 is 54.4. The van der Waals surface area contributed by atoms with Crippen LogP contribution in [-0.2, 0) is 38.7 Å². The van der Waals surface area contributed by atoms with Gasteiger partial charge in [0, 0.05) is 12.8 Å². The molecule has 404 valence electrons. The lowest BCUT2D eigenvalue weighted by Gasteiger charge is -2.40. The summed E-state index contributed by atoms with van der Waals surface area (Å²) in [5, 5.41) is 31.0. The Bertz CT molecular complexity index is 1250. The normalized spacial score (nSPS) is 19.1. The lowest BCUT2D eigenvalue weighted by Crippen LogP contribution is -2.60. The smallest absolute Gasteiger partial charge is 0.306 e. The second kappa shape index (κ2) is 45.5. The lowest BCUT2D eigenvalue weighted by atomic mass is 10.00. The van der Waals surface area contributed by atoms with E-state index < -0.39 is 71.2 Å². The summed E-state index contributed by atoms with van der Waals surface area (Å²) >= 11 is 0. The van der Waals surface area contributed by atoms with Crippen LogP contribution < -0.4 is 0 Å². The van der Waals surface area contributed by atoms with E-state index in [1.54, 1.807) is 0 Å². The minimum absolute atomic E-state index is 0.173. The first-order chi connectivity index (χ1) is 33.0. The maximum absolute atomic E-state index is 12.9. The minimum atomic E-state index is -4.60. The molecule has 6 atom stereocenters. The van der Waals surface area contributed by atoms with Gasteiger partial charge in [0.1, 0.15) is 36.8 Å². The first-order valence-electron chi connectivity index (χ1n) is 28.6. The average Bonchev–Trinajstić information content (AvgIpc) is 3.31. The molecule has 0 spiro atoms. The fourth-order valence-electron chi connectivity index (χ4n) is 9.27. The number of hydrogen-bond acceptors (Lipinski definition) is 11. The van der Waals surface area contributed by atoms with E-state index in [0.29, 0.717) is 12.8 Å². The highest BCUT2D eigenvalue weighted by Gasteiger charge is 2.46. The molecule has 0 aliphatic carbocycles. The van der Waals surface area contributed by atoms with Crippen LogP contribution in [-0.4, -0.2) is 96.0 Å². The highest BCUT2D eigenvalue weighted by molar-refractivity contribution is 7.85. The molecule has 0 bridgehead atoms. The molecular formula is C55H106O12S. The zero-order chi connectivity index (χ0) is 49.8. The first kappa shape index (κ1) is 64.7. The molecule has 2 unspecified atom stereocenters. The van der Waals surface area contributed by atoms with Gasteiger partial charge < -0.3 is 34.3 Å². The number of ether oxygens (including phenoxy) is 4. The van der Waals surface area contributed by atoms with Crippen molar-refractivity contribution < 1.29 is 56.8 Å². The Morgan fingerprint density at radius 1 is 0.441 bits per heavy atom. The summed E-state index contributed by atoms with van der Waals surface area (Å²) in [4.78, 5) is 25.6. The summed E-state index contributed by atoms with van der Waals surface area (Å²) in [6, 6.07) is 0. The molecule has 0 aromatic carbocycles. The summed E-state index contributed by atoms with van der Waals surface area (Å²) in [5.41, 5.74) is 0. The number of aliphatic hydroxyl groups is 3. The third kappa shape index (κ3) is 39.3. The van der Waals surface area contributed by atoms with E-state index in [1.807, 2.05) is 0 Å². The maximum atomic E-state index is 12.9. The third-order valence-corrected chi connectivity index (χ3v) is 14.4. The Hall–Kier alpha value is -1.35. The topological polar surface area (TPSA) is 186 Å². The number of unbranched alkanes of at least 4 members (excludes halogenated alkanes) is 38. The minimum Gasteiger partial charge on any atom is -0.462 e. The van der Waals surface area contributed by atoms with Gasteiger partial charge in [0.25, 0.3) is 10.1 Å². The molecule has 1 rings (SSSR count). The maximum Gasteiger partial charge on any atom is 0.306 e. The Labute approximate surface area is 416 Å². The van der Waals surface area contributed by atoms with E-state index in [2.05, 4.69) is 13.8 Å². The molecule has 12 nitrogen and oxygen atoms in total. The molecule has 68 heavy (non-hydrogen) atoms. The molecule has 1 aliphatic heterocycles. The Morgan fingerprint density at radius 2 is 0.750 bits per heavy atom. The van der Waals surface area contributed by atoms with Gasteiger partial charge in [-0.05, 0) is 12.8 Å². The molecule has 13 heteroatoms. The van der Waals surface area contributed by atoms with E-state index in [4.69, 9.17) is 18.9 Å². The van der Waals surface area contributed by atoms with Crippen molar-refractivity contribution in [2.24, 2.45) is 0 Å². The first-order valence-corrected chi connectivity index (χ1v) is 30.2. The summed E-state index contributed by atoms with van der Waals surface area (Å²) in [6.45, 7) is 3.83. The second-order valence-electron chi connectivity index (χ2n) is 20.3. The van der Waals surface area contributed by atoms with Gasteiger partial charge in [0.05, 0.1) is 6.61 Å². The van der Waals surface area contributed by atoms with Crippen molar-refractivity contribution >= 4 is 22.1 Å². The van der Waals surface area contributed by atoms with E-state index in [9.17, 15) is 37.9 Å². The molecular weight excluding hydrogens is 885 g/mol. The predicted octanol–water partition coefficient (Wildman–Crippen LogP) is 13.6. The molecule has 1 fully saturated rings. The van der Waals surface area contributed by atoms with Crippen molar-refractivity contribution in [2.75, 3.05) is 19.0 Å². The van der Waals surface area contributed by atoms with Crippen molar-refractivity contribution in [3.05, 3.63) is 0 Å². The van der Waals surface area contributed by atoms with Crippen LogP contribution in [0.25, 0.3) is 0 Å². The number of rotatable bonds is 50. The standard InChI is InChI=1S/C55H106O12S/c1-3-5-7-9-11-13-15-17-19-21-22-23-24-25-26-28-30-32-34-36-38-40-42-44-51(57)66-48(46-65-55-54(60)53(59)52(58)49(67-55)47-68(61,62)63)45-64-50(56)43-41-39-37-35-33-31-29-27-20-18-16-14-12-10-8-6-4-2/h48-49,52-55,58-60H,3-47H2,1-2H3,(H,61,62,63)/t48-,49-,52-,53?,54?,55+/m1/s1. The van der Waals surface area contributed by atoms with Gasteiger partial charge in [-0.15, -0.1) is 0 Å². The van der Waals surface area contributed by atoms with Crippen LogP contribution in [0.4, 0.5) is 0 Å². The van der Waals surface area contributed by atoms with Crippen LogP contribution in [0.5, 0.6) is 0 Å². The second-order valence-corrected chi connectivity index (χ2v) is 21.8. The highest BCUT2D eigenvalue weighted by atomic mass is 32.2. The van der Waals surface area contributed by atoms with E-state index in [0.717, 1.165) is 38.5 Å². The van der Waals surface area contributed by atoms with Crippen LogP contribution in [0.15, 0.2) is 0 Å². The summed E-state index contributed by atoms with van der Waals surface area (Å²) in [6.07, 6.45) is 41.5. The van der Waals surface area contributed by atoms with Crippen molar-refractivity contribution in [2.45, 2.75) is 320 Å². The average molecular weight is 992 g/mol. The molecule has 0 radical (unpaired) electrons.